The van der Waals surface area contributed by atoms with E-state index in [1.165, 1.54) is 27.7 Å². The molecule has 1 unspecified atom stereocenters. The lowest BCUT2D eigenvalue weighted by molar-refractivity contribution is 0.327. The lowest BCUT2D eigenvalue weighted by atomic mass is 9.92. The first-order chi connectivity index (χ1) is 13.1. The van der Waals surface area contributed by atoms with Gasteiger partial charge in [-0.15, -0.1) is 0 Å². The van der Waals surface area contributed by atoms with Gasteiger partial charge in [-0.1, -0.05) is 30.3 Å². The molecule has 0 radical (unpaired) electrons. The van der Waals surface area contributed by atoms with Crippen LogP contribution in [0.2, 0.25) is 0 Å². The molecule has 4 nitrogen and oxygen atoms in total. The predicted octanol–water partition coefficient (Wildman–Crippen LogP) is 4.41. The zero-order valence-electron chi connectivity index (χ0n) is 16.0. The number of ether oxygens (including phenoxy) is 1. The number of para-hydroxylation sites is 1. The van der Waals surface area contributed by atoms with Crippen molar-refractivity contribution in [3.63, 3.8) is 0 Å². The number of hydrogen-bond donors (Lipinski definition) is 2. The van der Waals surface area contributed by atoms with Gasteiger partial charge in [-0.05, 0) is 61.8 Å². The Bertz CT molecular complexity index is 961. The Hall–Kier alpha value is -2.53. The SMILES string of the molecule is COc1ccc(C2c3[nH]c4ccccc4c3CCN2C(=S)NC(C)C)cc1. The number of rotatable bonds is 3. The van der Waals surface area contributed by atoms with E-state index in [1.807, 2.05) is 12.1 Å². The highest BCUT2D eigenvalue weighted by molar-refractivity contribution is 7.80. The fourth-order valence-corrected chi connectivity index (χ4v) is 4.35. The van der Waals surface area contributed by atoms with Gasteiger partial charge in [-0.2, -0.15) is 0 Å². The molecule has 0 bridgehead atoms. The van der Waals surface area contributed by atoms with Crippen LogP contribution < -0.4 is 10.1 Å². The summed E-state index contributed by atoms with van der Waals surface area (Å²) in [7, 11) is 1.69. The summed E-state index contributed by atoms with van der Waals surface area (Å²) in [4.78, 5) is 5.97. The van der Waals surface area contributed by atoms with E-state index in [2.05, 4.69) is 65.4 Å². The molecule has 5 heteroatoms. The molecule has 27 heavy (non-hydrogen) atoms. The summed E-state index contributed by atoms with van der Waals surface area (Å²) in [5.74, 6) is 0.862. The summed E-state index contributed by atoms with van der Waals surface area (Å²) in [5, 5.41) is 5.53. The van der Waals surface area contributed by atoms with E-state index in [1.54, 1.807) is 7.11 Å². The van der Waals surface area contributed by atoms with Gasteiger partial charge in [0.1, 0.15) is 5.75 Å². The molecule has 0 saturated carbocycles. The maximum atomic E-state index is 5.76. The predicted molar refractivity (Wildman–Crippen MR) is 114 cm³/mol. The van der Waals surface area contributed by atoms with Gasteiger partial charge in [-0.3, -0.25) is 0 Å². The Balaban J connectivity index is 1.83. The number of fused-ring (bicyclic) bond motifs is 3. The van der Waals surface area contributed by atoms with Crippen LogP contribution >= 0.6 is 12.2 Å². The zero-order chi connectivity index (χ0) is 19.0. The Labute approximate surface area is 165 Å². The topological polar surface area (TPSA) is 40.3 Å². The normalized spacial score (nSPS) is 16.4. The molecular formula is C22H25N3OS. The van der Waals surface area contributed by atoms with Crippen molar-refractivity contribution >= 4 is 28.2 Å². The average molecular weight is 380 g/mol. The summed E-state index contributed by atoms with van der Waals surface area (Å²) in [6, 6.07) is 17.2. The van der Waals surface area contributed by atoms with Crippen molar-refractivity contribution in [1.82, 2.24) is 15.2 Å². The standard InChI is InChI=1S/C22H25N3OS/c1-14(2)23-22(27)25-13-12-18-17-6-4-5-7-19(17)24-20(18)21(25)15-8-10-16(26-3)11-9-15/h4-11,14,21,24H,12-13H2,1-3H3,(H,23,27). The molecule has 0 aliphatic carbocycles. The van der Waals surface area contributed by atoms with Crippen LogP contribution in [0.25, 0.3) is 10.9 Å². The van der Waals surface area contributed by atoms with Crippen molar-refractivity contribution in [1.29, 1.82) is 0 Å². The van der Waals surface area contributed by atoms with Gasteiger partial charge in [0.05, 0.1) is 13.2 Å². The fourth-order valence-electron chi connectivity index (χ4n) is 3.92. The van der Waals surface area contributed by atoms with E-state index in [9.17, 15) is 0 Å². The van der Waals surface area contributed by atoms with Crippen LogP contribution in [0.5, 0.6) is 5.75 Å². The molecule has 4 rings (SSSR count). The molecule has 1 atom stereocenters. The number of benzene rings is 2. The molecule has 0 fully saturated rings. The molecule has 3 aromatic rings. The van der Waals surface area contributed by atoms with E-state index in [0.717, 1.165) is 23.8 Å². The number of methoxy groups -OCH3 is 1. The number of thiocarbonyl (C=S) groups is 1. The van der Waals surface area contributed by atoms with Crippen LogP contribution in [0, 0.1) is 0 Å². The van der Waals surface area contributed by atoms with Crippen LogP contribution in [0.4, 0.5) is 0 Å². The summed E-state index contributed by atoms with van der Waals surface area (Å²) < 4.78 is 5.34. The first-order valence-corrected chi connectivity index (χ1v) is 9.80. The number of hydrogen-bond acceptors (Lipinski definition) is 2. The fraction of sp³-hybridized carbons (Fsp3) is 0.318. The Morgan fingerprint density at radius 1 is 1.19 bits per heavy atom. The largest absolute Gasteiger partial charge is 0.497 e. The summed E-state index contributed by atoms with van der Waals surface area (Å²) in [6.45, 7) is 5.13. The van der Waals surface area contributed by atoms with Gasteiger partial charge in [0.15, 0.2) is 5.11 Å². The van der Waals surface area contributed by atoms with Gasteiger partial charge in [0, 0.05) is 29.2 Å². The third kappa shape index (κ3) is 3.28. The van der Waals surface area contributed by atoms with Crippen LogP contribution in [0.1, 0.15) is 36.7 Å². The highest BCUT2D eigenvalue weighted by atomic mass is 32.1. The molecule has 0 amide bonds. The minimum atomic E-state index is 0.0609. The third-order valence-electron chi connectivity index (χ3n) is 5.14. The van der Waals surface area contributed by atoms with E-state index >= 15 is 0 Å². The summed E-state index contributed by atoms with van der Waals surface area (Å²) in [5.41, 5.74) is 5.03. The van der Waals surface area contributed by atoms with Gasteiger partial charge < -0.3 is 19.9 Å². The number of nitrogens with zero attached hydrogens (tertiary/aromatic N) is 1. The molecule has 1 aromatic heterocycles. The second kappa shape index (κ2) is 7.24. The van der Waals surface area contributed by atoms with Crippen molar-refractivity contribution in [2.45, 2.75) is 32.4 Å². The maximum Gasteiger partial charge on any atom is 0.169 e. The molecule has 0 spiro atoms. The lowest BCUT2D eigenvalue weighted by Gasteiger charge is -2.38. The number of nitrogens with one attached hydrogen (secondary N) is 2. The molecule has 140 valence electrons. The minimum Gasteiger partial charge on any atom is -0.497 e. The maximum absolute atomic E-state index is 5.76. The van der Waals surface area contributed by atoms with Crippen molar-refractivity contribution in [3.8, 4) is 5.75 Å². The Morgan fingerprint density at radius 3 is 2.63 bits per heavy atom. The number of aromatic nitrogens is 1. The van der Waals surface area contributed by atoms with Crippen LogP contribution in [0.3, 0.4) is 0 Å². The number of aromatic amines is 1. The molecule has 1 aliphatic heterocycles. The smallest absolute Gasteiger partial charge is 0.169 e. The van der Waals surface area contributed by atoms with E-state index < -0.39 is 0 Å². The second-order valence-electron chi connectivity index (χ2n) is 7.29. The summed E-state index contributed by atoms with van der Waals surface area (Å²) in [6.07, 6.45) is 0.978. The highest BCUT2D eigenvalue weighted by Gasteiger charge is 2.33. The van der Waals surface area contributed by atoms with Crippen LogP contribution in [0.15, 0.2) is 48.5 Å². The van der Waals surface area contributed by atoms with Gasteiger partial charge in [0.2, 0.25) is 0 Å². The third-order valence-corrected chi connectivity index (χ3v) is 5.49. The molecular weight excluding hydrogens is 354 g/mol. The van der Waals surface area contributed by atoms with E-state index in [0.29, 0.717) is 6.04 Å². The van der Waals surface area contributed by atoms with Gasteiger partial charge >= 0.3 is 0 Å². The van der Waals surface area contributed by atoms with Crippen LogP contribution in [-0.2, 0) is 6.42 Å². The molecule has 2 heterocycles. The number of H-pyrrole nitrogens is 1. The van der Waals surface area contributed by atoms with Gasteiger partial charge in [0.25, 0.3) is 0 Å². The van der Waals surface area contributed by atoms with Crippen molar-refractivity contribution in [2.75, 3.05) is 13.7 Å². The lowest BCUT2D eigenvalue weighted by Crippen LogP contribution is -2.47. The monoisotopic (exact) mass is 379 g/mol. The first kappa shape index (κ1) is 17.9. The average Bonchev–Trinajstić information content (AvgIpc) is 3.05. The minimum absolute atomic E-state index is 0.0609. The van der Waals surface area contributed by atoms with Gasteiger partial charge in [-0.25, -0.2) is 0 Å². The molecule has 2 N–H and O–H groups in total. The quantitative estimate of drug-likeness (QED) is 0.662. The molecule has 1 aliphatic rings. The zero-order valence-corrected chi connectivity index (χ0v) is 16.8. The van der Waals surface area contributed by atoms with Crippen molar-refractivity contribution in [2.24, 2.45) is 0 Å². The molecule has 2 aromatic carbocycles. The van der Waals surface area contributed by atoms with E-state index in [-0.39, 0.29) is 6.04 Å². The Kier molecular flexibility index (Phi) is 4.79. The molecule has 0 saturated heterocycles. The highest BCUT2D eigenvalue weighted by Crippen LogP contribution is 2.38. The van der Waals surface area contributed by atoms with E-state index in [4.69, 9.17) is 17.0 Å². The van der Waals surface area contributed by atoms with Crippen LogP contribution in [-0.4, -0.2) is 34.7 Å². The van der Waals surface area contributed by atoms with Crippen molar-refractivity contribution < 1.29 is 4.74 Å². The van der Waals surface area contributed by atoms with Crippen molar-refractivity contribution in [3.05, 3.63) is 65.4 Å². The second-order valence-corrected chi connectivity index (χ2v) is 7.67. The Morgan fingerprint density at radius 2 is 1.93 bits per heavy atom. The summed E-state index contributed by atoms with van der Waals surface area (Å²) >= 11 is 5.76. The first-order valence-electron chi connectivity index (χ1n) is 9.39.